The molecule has 5 heterocycles. The molecule has 0 bridgehead atoms. The second-order valence-corrected chi connectivity index (χ2v) is 13.3. The zero-order valence-electron chi connectivity index (χ0n) is 25.3. The van der Waals surface area contributed by atoms with E-state index in [-0.39, 0.29) is 29.6 Å². The van der Waals surface area contributed by atoms with E-state index in [2.05, 4.69) is 27.2 Å². The van der Waals surface area contributed by atoms with Gasteiger partial charge < -0.3 is 19.9 Å². The Kier molecular flexibility index (Phi) is 8.21. The van der Waals surface area contributed by atoms with Gasteiger partial charge in [0.05, 0.1) is 11.6 Å². The van der Waals surface area contributed by atoms with Crippen LogP contribution in [-0.4, -0.2) is 80.4 Å². The van der Waals surface area contributed by atoms with Gasteiger partial charge in [0.2, 0.25) is 0 Å². The van der Waals surface area contributed by atoms with Gasteiger partial charge >= 0.3 is 6.09 Å². The molecular weight excluding hydrogens is 581 g/mol. The molecule has 4 aromatic rings. The fourth-order valence-corrected chi connectivity index (χ4v) is 6.34. The van der Waals surface area contributed by atoms with Crippen LogP contribution in [0, 0.1) is 5.82 Å². The highest BCUT2D eigenvalue weighted by Gasteiger charge is 2.30. The summed E-state index contributed by atoms with van der Waals surface area (Å²) in [4.78, 5) is 39.0. The zero-order chi connectivity index (χ0) is 31.0. The first-order chi connectivity index (χ1) is 21.0. The van der Waals surface area contributed by atoms with Crippen molar-refractivity contribution in [3.05, 3.63) is 71.2 Å². The molecule has 1 N–H and O–H groups in total. The van der Waals surface area contributed by atoms with E-state index in [9.17, 15) is 14.0 Å². The second kappa shape index (κ2) is 12.1. The first kappa shape index (κ1) is 29.9. The summed E-state index contributed by atoms with van der Waals surface area (Å²) < 4.78 is 21.3. The molecule has 2 fully saturated rings. The summed E-state index contributed by atoms with van der Waals surface area (Å²) in [6.07, 6.45) is 5.01. The van der Waals surface area contributed by atoms with Crippen molar-refractivity contribution in [3.63, 3.8) is 0 Å². The number of nitrogens with one attached hydrogen (secondary N) is 1. The van der Waals surface area contributed by atoms with Crippen LogP contribution in [0.25, 0.3) is 21.8 Å². The van der Waals surface area contributed by atoms with Crippen LogP contribution in [-0.2, 0) is 4.74 Å². The number of likely N-dealkylation sites (tertiary alicyclic amines) is 2. The van der Waals surface area contributed by atoms with Crippen molar-refractivity contribution in [3.8, 4) is 21.8 Å². The number of thiazole rings is 1. The fraction of sp³-hybridized carbons (Fsp3) is 0.406. The van der Waals surface area contributed by atoms with Crippen LogP contribution in [0.4, 0.5) is 15.0 Å². The predicted molar refractivity (Wildman–Crippen MR) is 167 cm³/mol. The summed E-state index contributed by atoms with van der Waals surface area (Å²) in [5, 5.41) is 10.1. The highest BCUT2D eigenvalue weighted by molar-refractivity contribution is 7.13. The van der Waals surface area contributed by atoms with Gasteiger partial charge in [-0.05, 0) is 76.6 Å². The van der Waals surface area contributed by atoms with E-state index in [0.717, 1.165) is 42.6 Å². The molecule has 2 aliphatic rings. The van der Waals surface area contributed by atoms with Crippen LogP contribution in [0.1, 0.15) is 61.6 Å². The van der Waals surface area contributed by atoms with Gasteiger partial charge in [-0.25, -0.2) is 19.2 Å². The van der Waals surface area contributed by atoms with Crippen LogP contribution < -0.4 is 5.32 Å². The van der Waals surface area contributed by atoms with Crippen molar-refractivity contribution in [2.45, 2.75) is 51.2 Å². The maximum absolute atomic E-state index is 13.8. The van der Waals surface area contributed by atoms with Gasteiger partial charge in [-0.3, -0.25) is 9.48 Å². The lowest BCUT2D eigenvalue weighted by atomic mass is 9.93. The lowest BCUT2D eigenvalue weighted by molar-refractivity contribution is 0.0167. The normalized spacial score (nSPS) is 17.8. The van der Waals surface area contributed by atoms with Crippen LogP contribution in [0.5, 0.6) is 0 Å². The molecule has 0 aliphatic carbocycles. The Bertz CT molecular complexity index is 1640. The molecule has 2 aliphatic heterocycles. The molecule has 2 saturated heterocycles. The Morgan fingerprint density at radius 2 is 1.86 bits per heavy atom. The second-order valence-electron chi connectivity index (χ2n) is 12.5. The average molecular weight is 618 g/mol. The number of amides is 2. The van der Waals surface area contributed by atoms with Gasteiger partial charge in [0.25, 0.3) is 5.91 Å². The Balaban J connectivity index is 1.23. The van der Waals surface area contributed by atoms with Gasteiger partial charge in [0, 0.05) is 55.4 Å². The van der Waals surface area contributed by atoms with E-state index in [1.807, 2.05) is 50.0 Å². The van der Waals surface area contributed by atoms with E-state index in [4.69, 9.17) is 9.84 Å². The topological polar surface area (TPSA) is 105 Å². The molecule has 0 saturated carbocycles. The molecule has 0 spiro atoms. The molecule has 1 unspecified atom stereocenters. The van der Waals surface area contributed by atoms with Crippen molar-refractivity contribution in [2.24, 2.45) is 0 Å². The summed E-state index contributed by atoms with van der Waals surface area (Å²) in [6, 6.07) is 9.89. The molecule has 1 aromatic carbocycles. The fourth-order valence-electron chi connectivity index (χ4n) is 5.53. The van der Waals surface area contributed by atoms with Crippen LogP contribution in [0.3, 0.4) is 0 Å². The third kappa shape index (κ3) is 6.66. The third-order valence-electron chi connectivity index (χ3n) is 7.80. The van der Waals surface area contributed by atoms with Crippen molar-refractivity contribution < 1.29 is 18.7 Å². The Morgan fingerprint density at radius 1 is 1.09 bits per heavy atom. The highest BCUT2D eigenvalue weighted by atomic mass is 32.1. The largest absolute Gasteiger partial charge is 0.444 e. The summed E-state index contributed by atoms with van der Waals surface area (Å²) in [6.45, 7) is 8.64. The van der Waals surface area contributed by atoms with Crippen molar-refractivity contribution >= 4 is 29.2 Å². The lowest BCUT2D eigenvalue weighted by Gasteiger charge is -2.36. The van der Waals surface area contributed by atoms with E-state index in [0.29, 0.717) is 35.5 Å². The number of carbonyl (C=O) groups is 2. The summed E-state index contributed by atoms with van der Waals surface area (Å²) >= 11 is 1.33. The monoisotopic (exact) mass is 617 g/mol. The zero-order valence-corrected chi connectivity index (χ0v) is 26.1. The average Bonchev–Trinajstić information content (AvgIpc) is 3.64. The Hall–Kier alpha value is -4.16. The van der Waals surface area contributed by atoms with Gasteiger partial charge in [-0.15, -0.1) is 11.3 Å². The number of halogens is 1. The van der Waals surface area contributed by atoms with Crippen molar-refractivity contribution in [2.75, 3.05) is 38.5 Å². The number of pyridine rings is 1. The number of nitrogens with zero attached hydrogens (tertiary/aromatic N) is 6. The molecule has 1 atom stereocenters. The minimum absolute atomic E-state index is 0.0821. The third-order valence-corrected chi connectivity index (χ3v) is 8.68. The number of hydrogen-bond acceptors (Lipinski definition) is 8. The lowest BCUT2D eigenvalue weighted by Crippen LogP contribution is -2.43. The number of likely N-dealkylation sites (N-methyl/N-ethyl adjacent to an activating group) is 1. The molecule has 10 nitrogen and oxygen atoms in total. The smallest absolute Gasteiger partial charge is 0.410 e. The highest BCUT2D eigenvalue weighted by Crippen LogP contribution is 2.36. The molecular formula is C32H36FN7O3S. The number of benzene rings is 1. The van der Waals surface area contributed by atoms with Gasteiger partial charge in [-0.2, -0.15) is 5.10 Å². The number of carbonyl (C=O) groups excluding carboxylic acids is 2. The van der Waals surface area contributed by atoms with E-state index in [1.54, 1.807) is 22.4 Å². The van der Waals surface area contributed by atoms with Crippen LogP contribution in [0.2, 0.25) is 0 Å². The van der Waals surface area contributed by atoms with E-state index in [1.165, 1.54) is 23.5 Å². The molecule has 6 rings (SSSR count). The van der Waals surface area contributed by atoms with Gasteiger partial charge in [0.15, 0.2) is 0 Å². The SMILES string of the molecule is CN1CC(c2ccc(NC(=O)c3csc(-c4cn(C5CCCN(C(=O)OC(C)(C)C)C5)nc4-c4ccc(F)cc4)n3)nc2)C1. The molecule has 230 valence electrons. The number of ether oxygens (including phenoxy) is 1. The summed E-state index contributed by atoms with van der Waals surface area (Å²) in [7, 11) is 2.09. The number of piperidine rings is 1. The summed E-state index contributed by atoms with van der Waals surface area (Å²) in [5.74, 6) is 0.244. The predicted octanol–water partition coefficient (Wildman–Crippen LogP) is 6.06. The van der Waals surface area contributed by atoms with Crippen molar-refractivity contribution in [1.82, 2.24) is 29.5 Å². The van der Waals surface area contributed by atoms with Crippen LogP contribution >= 0.6 is 11.3 Å². The number of anilines is 1. The summed E-state index contributed by atoms with van der Waals surface area (Å²) in [5.41, 5.74) is 2.92. The van der Waals surface area contributed by atoms with E-state index < -0.39 is 5.60 Å². The Labute approximate surface area is 259 Å². The molecule has 44 heavy (non-hydrogen) atoms. The first-order valence-electron chi connectivity index (χ1n) is 14.8. The van der Waals surface area contributed by atoms with Gasteiger partial charge in [-0.1, -0.05) is 6.07 Å². The minimum atomic E-state index is -0.583. The number of hydrogen-bond donors (Lipinski definition) is 1. The standard InChI is InChI=1S/C32H36FN7O3S/c1-32(2,3)43-31(42)39-13-5-6-24(17-39)40-18-25(28(37-40)20-7-10-23(33)11-8-20)30-35-26(19-44-30)29(41)36-27-12-9-21(14-34-27)22-15-38(4)16-22/h7-12,14,18-19,22,24H,5-6,13,15-17H2,1-4H3,(H,34,36,41). The molecule has 12 heteroatoms. The molecule has 0 radical (unpaired) electrons. The maximum atomic E-state index is 13.8. The van der Waals surface area contributed by atoms with Crippen LogP contribution in [0.15, 0.2) is 54.2 Å². The number of aromatic nitrogens is 4. The quantitative estimate of drug-likeness (QED) is 0.280. The first-order valence-corrected chi connectivity index (χ1v) is 15.6. The minimum Gasteiger partial charge on any atom is -0.444 e. The maximum Gasteiger partial charge on any atom is 0.410 e. The Morgan fingerprint density at radius 3 is 2.55 bits per heavy atom. The molecule has 3 aromatic heterocycles. The van der Waals surface area contributed by atoms with E-state index >= 15 is 0 Å². The molecule has 2 amide bonds. The van der Waals surface area contributed by atoms with Crippen molar-refractivity contribution in [1.29, 1.82) is 0 Å². The van der Waals surface area contributed by atoms with Gasteiger partial charge in [0.1, 0.15) is 33.6 Å². The number of rotatable bonds is 6.